The highest BCUT2D eigenvalue weighted by atomic mass is 32.2. The van der Waals surface area contributed by atoms with E-state index in [0.29, 0.717) is 28.6 Å². The second-order valence-electron chi connectivity index (χ2n) is 7.32. The van der Waals surface area contributed by atoms with Crippen molar-refractivity contribution in [3.8, 4) is 0 Å². The maximum atomic E-state index is 13.9. The van der Waals surface area contributed by atoms with E-state index in [1.807, 2.05) is 11.5 Å². The minimum Gasteiger partial charge on any atom is -0.342 e. The first-order valence-electron chi connectivity index (χ1n) is 10.2. The Balaban J connectivity index is 1.35. The number of hydrogen-bond donors (Lipinski definition) is 2. The monoisotopic (exact) mass is 475 g/mol. The quantitative estimate of drug-likeness (QED) is 0.456. The molecule has 2 N–H and O–H groups in total. The zero-order valence-corrected chi connectivity index (χ0v) is 19.2. The normalized spacial score (nSPS) is 14.2. The van der Waals surface area contributed by atoms with Crippen molar-refractivity contribution >= 4 is 40.0 Å². The van der Waals surface area contributed by atoms with E-state index in [9.17, 15) is 14.0 Å². The van der Waals surface area contributed by atoms with Crippen molar-refractivity contribution in [2.24, 2.45) is 0 Å². The Labute approximate surface area is 192 Å². The molecule has 9 nitrogen and oxygen atoms in total. The van der Waals surface area contributed by atoms with Crippen LogP contribution in [-0.2, 0) is 11.3 Å². The van der Waals surface area contributed by atoms with Crippen molar-refractivity contribution < 1.29 is 14.0 Å². The van der Waals surface area contributed by atoms with Crippen LogP contribution in [0.1, 0.15) is 59.8 Å². The smallest absolute Gasteiger partial charge is 0.254 e. The van der Waals surface area contributed by atoms with Crippen molar-refractivity contribution in [2.75, 3.05) is 11.1 Å². The average molecular weight is 476 g/mol. The molecule has 3 aromatic rings. The van der Waals surface area contributed by atoms with E-state index >= 15 is 0 Å². The van der Waals surface area contributed by atoms with Gasteiger partial charge in [0.15, 0.2) is 11.0 Å². The third-order valence-electron chi connectivity index (χ3n) is 4.86. The number of anilines is 1. The van der Waals surface area contributed by atoms with Gasteiger partial charge in [-0.15, -0.1) is 20.4 Å². The highest BCUT2D eigenvalue weighted by molar-refractivity contribution is 7.99. The van der Waals surface area contributed by atoms with Crippen LogP contribution in [0, 0.1) is 5.82 Å². The van der Waals surface area contributed by atoms with Crippen LogP contribution in [0.5, 0.6) is 0 Å². The van der Waals surface area contributed by atoms with Gasteiger partial charge in [0.2, 0.25) is 11.0 Å². The van der Waals surface area contributed by atoms with Crippen LogP contribution in [0.25, 0.3) is 0 Å². The zero-order chi connectivity index (χ0) is 22.7. The molecule has 1 saturated carbocycles. The van der Waals surface area contributed by atoms with Crippen molar-refractivity contribution in [3.05, 3.63) is 46.5 Å². The Kier molecular flexibility index (Phi) is 6.80. The first-order valence-corrected chi connectivity index (χ1v) is 12.0. The first kappa shape index (κ1) is 22.3. The van der Waals surface area contributed by atoms with Gasteiger partial charge in [-0.2, -0.15) is 0 Å². The van der Waals surface area contributed by atoms with Crippen molar-refractivity contribution in [1.82, 2.24) is 30.3 Å². The molecule has 0 saturated heterocycles. The van der Waals surface area contributed by atoms with Crippen LogP contribution < -0.4 is 10.6 Å². The Bertz CT molecular complexity index is 1130. The SMILES string of the molecule is CCn1c(SCC(=O)Nc2nnc(C3CC3)s2)nnc1[C@H](C)NC(=O)c1ccccc1F. The van der Waals surface area contributed by atoms with Gasteiger partial charge in [-0.1, -0.05) is 35.2 Å². The summed E-state index contributed by atoms with van der Waals surface area (Å²) in [6.07, 6.45) is 2.26. The molecule has 2 heterocycles. The predicted octanol–water partition coefficient (Wildman–Crippen LogP) is 3.39. The highest BCUT2D eigenvalue weighted by Crippen LogP contribution is 2.42. The van der Waals surface area contributed by atoms with Crippen LogP contribution in [0.15, 0.2) is 29.4 Å². The predicted molar refractivity (Wildman–Crippen MR) is 119 cm³/mol. The molecule has 0 aliphatic heterocycles. The fourth-order valence-corrected chi connectivity index (χ4v) is 4.81. The molecule has 2 aromatic heterocycles. The van der Waals surface area contributed by atoms with Crippen LogP contribution in [-0.4, -0.2) is 42.5 Å². The number of benzene rings is 1. The van der Waals surface area contributed by atoms with E-state index in [4.69, 9.17) is 0 Å². The summed E-state index contributed by atoms with van der Waals surface area (Å²) >= 11 is 2.65. The molecule has 2 amide bonds. The molecular formula is C20H22FN7O2S2. The fourth-order valence-electron chi connectivity index (χ4n) is 3.07. The van der Waals surface area contributed by atoms with E-state index in [0.717, 1.165) is 17.8 Å². The van der Waals surface area contributed by atoms with Crippen LogP contribution in [0.4, 0.5) is 9.52 Å². The van der Waals surface area contributed by atoms with Gasteiger partial charge in [-0.25, -0.2) is 4.39 Å². The standard InChI is InChI=1S/C20H22FN7O2S2/c1-3-28-16(11(2)22-17(30)13-6-4-5-7-14(13)21)24-27-20(28)31-10-15(29)23-19-26-25-18(32-19)12-8-9-12/h4-7,11-12H,3,8-10H2,1-2H3,(H,22,30)(H,23,26,29)/t11-/m0/s1. The molecule has 12 heteroatoms. The van der Waals surface area contributed by atoms with Gasteiger partial charge in [0, 0.05) is 12.5 Å². The lowest BCUT2D eigenvalue weighted by Crippen LogP contribution is -2.29. The number of nitrogens with zero attached hydrogens (tertiary/aromatic N) is 5. The Morgan fingerprint density at radius 3 is 2.75 bits per heavy atom. The molecule has 0 spiro atoms. The van der Waals surface area contributed by atoms with E-state index in [1.165, 1.54) is 41.3 Å². The van der Waals surface area contributed by atoms with Gasteiger partial charge < -0.3 is 9.88 Å². The summed E-state index contributed by atoms with van der Waals surface area (Å²) in [7, 11) is 0. The number of halogens is 1. The number of amides is 2. The molecule has 4 rings (SSSR count). The summed E-state index contributed by atoms with van der Waals surface area (Å²) < 4.78 is 15.7. The van der Waals surface area contributed by atoms with Crippen LogP contribution in [0.3, 0.4) is 0 Å². The van der Waals surface area contributed by atoms with Crippen molar-refractivity contribution in [3.63, 3.8) is 0 Å². The number of nitrogens with one attached hydrogen (secondary N) is 2. The summed E-state index contributed by atoms with van der Waals surface area (Å²) in [6, 6.07) is 5.29. The number of carbonyl (C=O) groups is 2. The number of carbonyl (C=O) groups excluding carboxylic acids is 2. The summed E-state index contributed by atoms with van der Waals surface area (Å²) in [5.74, 6) is -0.171. The van der Waals surface area contributed by atoms with E-state index in [-0.39, 0.29) is 17.2 Å². The summed E-state index contributed by atoms with van der Waals surface area (Å²) in [5, 5.41) is 24.0. The molecule has 1 fully saturated rings. The van der Waals surface area contributed by atoms with Crippen LogP contribution >= 0.6 is 23.1 Å². The molecule has 1 aliphatic rings. The molecule has 1 aliphatic carbocycles. The largest absolute Gasteiger partial charge is 0.342 e. The van der Waals surface area contributed by atoms with Crippen molar-refractivity contribution in [2.45, 2.75) is 50.4 Å². The average Bonchev–Trinajstić information content (AvgIpc) is 3.38. The number of hydrogen-bond acceptors (Lipinski definition) is 8. The lowest BCUT2D eigenvalue weighted by molar-refractivity contribution is -0.113. The number of thioether (sulfide) groups is 1. The first-order chi connectivity index (χ1) is 15.5. The molecule has 0 radical (unpaired) electrons. The molecule has 32 heavy (non-hydrogen) atoms. The lowest BCUT2D eigenvalue weighted by atomic mass is 10.2. The molecular weight excluding hydrogens is 453 g/mol. The van der Waals surface area contributed by atoms with Gasteiger partial charge in [0.1, 0.15) is 10.8 Å². The van der Waals surface area contributed by atoms with Crippen LogP contribution in [0.2, 0.25) is 0 Å². The Hall–Kier alpha value is -2.86. The summed E-state index contributed by atoms with van der Waals surface area (Å²) in [4.78, 5) is 24.7. The second kappa shape index (κ2) is 9.74. The molecule has 0 unspecified atom stereocenters. The molecule has 1 aromatic carbocycles. The van der Waals surface area contributed by atoms with E-state index in [1.54, 1.807) is 13.0 Å². The third-order valence-corrected chi connectivity index (χ3v) is 6.83. The van der Waals surface area contributed by atoms with E-state index in [2.05, 4.69) is 31.0 Å². The zero-order valence-electron chi connectivity index (χ0n) is 17.5. The minimum atomic E-state index is -0.587. The fraction of sp³-hybridized carbons (Fsp3) is 0.400. The molecule has 0 bridgehead atoms. The lowest BCUT2D eigenvalue weighted by Gasteiger charge is -2.15. The molecule has 1 atom stereocenters. The van der Waals surface area contributed by atoms with Gasteiger partial charge in [-0.3, -0.25) is 14.9 Å². The maximum Gasteiger partial charge on any atom is 0.254 e. The molecule has 168 valence electrons. The second-order valence-corrected chi connectivity index (χ2v) is 9.27. The number of rotatable bonds is 9. The van der Waals surface area contributed by atoms with E-state index < -0.39 is 17.8 Å². The van der Waals surface area contributed by atoms with Crippen molar-refractivity contribution in [1.29, 1.82) is 0 Å². The third kappa shape index (κ3) is 5.13. The minimum absolute atomic E-state index is 0.0327. The van der Waals surface area contributed by atoms with Gasteiger partial charge >= 0.3 is 0 Å². The summed E-state index contributed by atoms with van der Waals surface area (Å²) in [6.45, 7) is 4.22. The highest BCUT2D eigenvalue weighted by Gasteiger charge is 2.28. The topological polar surface area (TPSA) is 115 Å². The number of aromatic nitrogens is 5. The van der Waals surface area contributed by atoms with Gasteiger partial charge in [-0.05, 0) is 38.8 Å². The van der Waals surface area contributed by atoms with Gasteiger partial charge in [0.05, 0.1) is 17.4 Å². The maximum absolute atomic E-state index is 13.9. The van der Waals surface area contributed by atoms with Gasteiger partial charge in [0.25, 0.3) is 5.91 Å². The Morgan fingerprint density at radius 2 is 2.03 bits per heavy atom. The summed E-state index contributed by atoms with van der Waals surface area (Å²) in [5.41, 5.74) is -0.0327. The Morgan fingerprint density at radius 1 is 1.25 bits per heavy atom.